The van der Waals surface area contributed by atoms with Gasteiger partial charge in [0.05, 0.1) is 16.2 Å². The van der Waals surface area contributed by atoms with Gasteiger partial charge in [0.25, 0.3) is 0 Å². The van der Waals surface area contributed by atoms with Crippen molar-refractivity contribution in [1.29, 1.82) is 0 Å². The summed E-state index contributed by atoms with van der Waals surface area (Å²) in [6.45, 7) is 3.57. The Kier molecular flexibility index (Phi) is 13.7. The fourth-order valence-electron chi connectivity index (χ4n) is 1.73. The van der Waals surface area contributed by atoms with Crippen molar-refractivity contribution in [2.45, 2.75) is 76.6 Å². The standard InChI is InChI=1S/C12H26O4S.Na/c1-3-4-5-9-12(13)10-7-6-8-11(2)17(14,15)16;/h11-13H,3-10H2,1-2H3,(H,14,15,16);/q;+1/p-1. The molecule has 0 saturated carbocycles. The van der Waals surface area contributed by atoms with Crippen LogP contribution < -0.4 is 29.6 Å². The van der Waals surface area contributed by atoms with Crippen LogP contribution in [0.5, 0.6) is 0 Å². The fraction of sp³-hybridized carbons (Fsp3) is 1.00. The number of unbranched alkanes of at least 4 members (excludes halogenated alkanes) is 3. The maximum absolute atomic E-state index is 10.6. The van der Waals surface area contributed by atoms with Crippen LogP contribution in [0.2, 0.25) is 0 Å². The summed E-state index contributed by atoms with van der Waals surface area (Å²) in [7, 11) is -4.13. The molecule has 0 aromatic rings. The van der Waals surface area contributed by atoms with E-state index in [4.69, 9.17) is 0 Å². The molecule has 2 unspecified atom stereocenters. The minimum atomic E-state index is -4.13. The zero-order chi connectivity index (χ0) is 13.3. The minimum Gasteiger partial charge on any atom is -0.748 e. The molecule has 0 fully saturated rings. The average Bonchev–Trinajstić information content (AvgIpc) is 2.23. The van der Waals surface area contributed by atoms with Gasteiger partial charge >= 0.3 is 29.6 Å². The predicted octanol–water partition coefficient (Wildman–Crippen LogP) is -0.574. The number of rotatable bonds is 10. The molecule has 0 bridgehead atoms. The molecule has 0 aromatic carbocycles. The topological polar surface area (TPSA) is 77.4 Å². The van der Waals surface area contributed by atoms with Gasteiger partial charge in [-0.05, 0) is 26.2 Å². The Bertz CT molecular complexity index is 280. The first kappa shape index (κ1) is 21.2. The van der Waals surface area contributed by atoms with Gasteiger partial charge in [-0.15, -0.1) is 0 Å². The molecule has 2 atom stereocenters. The molecule has 1 N–H and O–H groups in total. The Hall–Kier alpha value is 0.870. The van der Waals surface area contributed by atoms with E-state index in [9.17, 15) is 18.1 Å². The molecule has 0 radical (unpaired) electrons. The van der Waals surface area contributed by atoms with Crippen LogP contribution in [0.3, 0.4) is 0 Å². The monoisotopic (exact) mass is 288 g/mol. The number of hydrogen-bond donors (Lipinski definition) is 1. The van der Waals surface area contributed by atoms with Crippen molar-refractivity contribution >= 4 is 10.1 Å². The van der Waals surface area contributed by atoms with E-state index >= 15 is 0 Å². The van der Waals surface area contributed by atoms with E-state index in [1.807, 2.05) is 0 Å². The Balaban J connectivity index is 0. The van der Waals surface area contributed by atoms with Gasteiger partial charge in [-0.3, -0.25) is 0 Å². The van der Waals surface area contributed by atoms with Crippen LogP contribution in [0.4, 0.5) is 0 Å². The van der Waals surface area contributed by atoms with Gasteiger partial charge < -0.3 is 9.66 Å². The number of aliphatic hydroxyl groups is 1. The minimum absolute atomic E-state index is 0. The van der Waals surface area contributed by atoms with Crippen LogP contribution in [0.25, 0.3) is 0 Å². The maximum atomic E-state index is 10.6. The van der Waals surface area contributed by atoms with E-state index in [1.54, 1.807) is 0 Å². The van der Waals surface area contributed by atoms with E-state index in [1.165, 1.54) is 6.92 Å². The summed E-state index contributed by atoms with van der Waals surface area (Å²) >= 11 is 0. The predicted molar refractivity (Wildman–Crippen MR) is 67.8 cm³/mol. The molecule has 0 spiro atoms. The third-order valence-electron chi connectivity index (χ3n) is 3.03. The SMILES string of the molecule is CCCCCC(O)CCCCC(C)S(=O)(=O)[O-].[Na+]. The zero-order valence-electron chi connectivity index (χ0n) is 11.9. The number of hydrogen-bond acceptors (Lipinski definition) is 4. The zero-order valence-corrected chi connectivity index (χ0v) is 14.7. The van der Waals surface area contributed by atoms with Crippen LogP contribution in [0, 0.1) is 0 Å². The van der Waals surface area contributed by atoms with E-state index in [0.29, 0.717) is 19.3 Å². The van der Waals surface area contributed by atoms with Gasteiger partial charge in [-0.1, -0.05) is 39.0 Å². The van der Waals surface area contributed by atoms with Gasteiger partial charge in [-0.25, -0.2) is 8.42 Å². The van der Waals surface area contributed by atoms with Gasteiger partial charge in [0.1, 0.15) is 0 Å². The number of aliphatic hydroxyl groups excluding tert-OH is 1. The Morgan fingerprint density at radius 2 is 1.50 bits per heavy atom. The van der Waals surface area contributed by atoms with Crippen LogP contribution in [-0.2, 0) is 10.1 Å². The largest absolute Gasteiger partial charge is 1.00 e. The molecular weight excluding hydrogens is 263 g/mol. The Labute approximate surface area is 134 Å². The molecule has 0 heterocycles. The van der Waals surface area contributed by atoms with Gasteiger partial charge in [0.2, 0.25) is 0 Å². The molecule has 6 heteroatoms. The first-order valence-electron chi connectivity index (χ1n) is 6.50. The van der Waals surface area contributed by atoms with Crippen molar-refractivity contribution in [2.24, 2.45) is 0 Å². The molecule has 18 heavy (non-hydrogen) atoms. The second kappa shape index (κ2) is 11.7. The Morgan fingerprint density at radius 3 is 1.94 bits per heavy atom. The summed E-state index contributed by atoms with van der Waals surface area (Å²) in [4.78, 5) is 0. The fourth-order valence-corrected chi connectivity index (χ4v) is 2.19. The second-order valence-corrected chi connectivity index (χ2v) is 6.53. The van der Waals surface area contributed by atoms with E-state index in [2.05, 4.69) is 6.92 Å². The molecule has 0 saturated heterocycles. The van der Waals surface area contributed by atoms with Gasteiger partial charge in [0.15, 0.2) is 0 Å². The third-order valence-corrected chi connectivity index (χ3v) is 4.25. The summed E-state index contributed by atoms with van der Waals surface area (Å²) in [5.41, 5.74) is 0. The third kappa shape index (κ3) is 11.9. The van der Waals surface area contributed by atoms with Gasteiger partial charge in [-0.2, -0.15) is 0 Å². The summed E-state index contributed by atoms with van der Waals surface area (Å²) in [5.74, 6) is 0. The molecular formula is C12H25NaO4S. The normalized spacial score (nSPS) is 14.9. The Morgan fingerprint density at radius 1 is 1.06 bits per heavy atom. The van der Waals surface area contributed by atoms with Crippen molar-refractivity contribution in [1.82, 2.24) is 0 Å². The molecule has 0 aromatic heterocycles. The summed E-state index contributed by atoms with van der Waals surface area (Å²) in [6, 6.07) is 0. The van der Waals surface area contributed by atoms with Crippen molar-refractivity contribution < 1.29 is 47.6 Å². The molecule has 0 aliphatic heterocycles. The molecule has 0 aliphatic rings. The summed E-state index contributed by atoms with van der Waals surface area (Å²) in [6.07, 6.45) is 6.45. The van der Waals surface area contributed by atoms with Crippen LogP contribution in [0.1, 0.15) is 65.2 Å². The first-order valence-corrected chi connectivity index (χ1v) is 7.97. The van der Waals surface area contributed by atoms with Crippen molar-refractivity contribution in [3.05, 3.63) is 0 Å². The maximum Gasteiger partial charge on any atom is 1.00 e. The molecule has 104 valence electrons. The van der Waals surface area contributed by atoms with Crippen LogP contribution in [-0.4, -0.2) is 29.4 Å². The van der Waals surface area contributed by atoms with Crippen molar-refractivity contribution in [3.8, 4) is 0 Å². The molecule has 0 rings (SSSR count). The quantitative estimate of drug-likeness (QED) is 0.332. The van der Waals surface area contributed by atoms with Crippen molar-refractivity contribution in [2.75, 3.05) is 0 Å². The van der Waals surface area contributed by atoms with E-state index < -0.39 is 15.4 Å². The van der Waals surface area contributed by atoms with Crippen LogP contribution >= 0.6 is 0 Å². The summed E-state index contributed by atoms with van der Waals surface area (Å²) < 4.78 is 31.9. The molecule has 0 amide bonds. The average molecular weight is 288 g/mol. The summed E-state index contributed by atoms with van der Waals surface area (Å²) in [5, 5.41) is 8.82. The molecule has 0 aliphatic carbocycles. The van der Waals surface area contributed by atoms with Crippen LogP contribution in [0.15, 0.2) is 0 Å². The van der Waals surface area contributed by atoms with E-state index in [0.717, 1.165) is 32.1 Å². The molecule has 4 nitrogen and oxygen atoms in total. The second-order valence-electron chi connectivity index (χ2n) is 4.74. The van der Waals surface area contributed by atoms with E-state index in [-0.39, 0.29) is 35.7 Å². The van der Waals surface area contributed by atoms with Gasteiger partial charge in [0, 0.05) is 5.25 Å². The van der Waals surface area contributed by atoms with Crippen molar-refractivity contribution in [3.63, 3.8) is 0 Å². The first-order chi connectivity index (χ1) is 7.88. The smallest absolute Gasteiger partial charge is 0.748 e.